The van der Waals surface area contributed by atoms with Crippen molar-refractivity contribution >= 4 is 0 Å². The van der Waals surface area contributed by atoms with Gasteiger partial charge in [0, 0.05) is 17.4 Å². The van der Waals surface area contributed by atoms with Crippen molar-refractivity contribution in [2.45, 2.75) is 63.5 Å². The topological polar surface area (TPSA) is 55.2 Å². The number of allylic oxidation sites excluding steroid dienone is 2. The highest BCUT2D eigenvalue weighted by atomic mass is 19.4. The van der Waals surface area contributed by atoms with Gasteiger partial charge in [-0.1, -0.05) is 45.2 Å². The summed E-state index contributed by atoms with van der Waals surface area (Å²) in [7, 11) is 0. The summed E-state index contributed by atoms with van der Waals surface area (Å²) in [5, 5.41) is 13.7. The Morgan fingerprint density at radius 3 is 2.03 bits per heavy atom. The van der Waals surface area contributed by atoms with Gasteiger partial charge in [-0.2, -0.15) is 26.3 Å². The van der Waals surface area contributed by atoms with Crippen molar-refractivity contribution in [3.8, 4) is 0 Å². The minimum absolute atomic E-state index is 0.0552. The molecule has 1 saturated heterocycles. The number of piperidine rings is 1. The second-order valence-corrected chi connectivity index (χ2v) is 7.73. The highest BCUT2D eigenvalue weighted by Gasteiger charge is 2.37. The molecule has 4 nitrogen and oxygen atoms in total. The molecule has 184 valence electrons. The van der Waals surface area contributed by atoms with E-state index >= 15 is 0 Å². The number of nitrogens with zero attached hydrogens (tertiary/aromatic N) is 1. The number of nitrogens with one attached hydrogen (secondary N) is 1. The van der Waals surface area contributed by atoms with Crippen LogP contribution in [0.2, 0.25) is 0 Å². The predicted octanol–water partition coefficient (Wildman–Crippen LogP) is 6.92. The van der Waals surface area contributed by atoms with E-state index in [1.807, 2.05) is 6.08 Å². The summed E-state index contributed by atoms with van der Waals surface area (Å²) >= 11 is 0. The summed E-state index contributed by atoms with van der Waals surface area (Å²) in [6.07, 6.45) is -2.32. The maximum absolute atomic E-state index is 12.5. The summed E-state index contributed by atoms with van der Waals surface area (Å²) in [5.41, 5.74) is -1.41. The van der Waals surface area contributed by atoms with E-state index in [1.165, 1.54) is 0 Å². The Bertz CT molecular complexity index is 821. The molecule has 1 aromatic rings. The van der Waals surface area contributed by atoms with Crippen molar-refractivity contribution in [3.63, 3.8) is 0 Å². The van der Waals surface area contributed by atoms with E-state index in [0.29, 0.717) is 19.4 Å². The predicted molar refractivity (Wildman–Crippen MR) is 115 cm³/mol. The van der Waals surface area contributed by atoms with Crippen molar-refractivity contribution in [3.05, 3.63) is 82.0 Å². The first-order chi connectivity index (χ1) is 15.2. The van der Waals surface area contributed by atoms with E-state index < -0.39 is 29.5 Å². The van der Waals surface area contributed by atoms with Crippen molar-refractivity contribution in [2.24, 2.45) is 0 Å². The number of hydrogen-bond donors (Lipinski definition) is 1. The zero-order valence-electron chi connectivity index (χ0n) is 18.5. The zero-order valence-corrected chi connectivity index (χ0v) is 18.5. The van der Waals surface area contributed by atoms with Crippen LogP contribution < -0.4 is 5.32 Å². The molecule has 3 atom stereocenters. The highest BCUT2D eigenvalue weighted by Crippen LogP contribution is 2.38. The molecule has 10 heteroatoms. The van der Waals surface area contributed by atoms with Gasteiger partial charge in [0.1, 0.15) is 0 Å². The molecule has 1 heterocycles. The smallest absolute Gasteiger partial charge is 0.304 e. The Hall–Kier alpha value is -2.62. The largest absolute Gasteiger partial charge is 0.416 e. The standard InChI is InChI=1S/C12H12F6.C11H16N2O2/c1-3-7(2)8-4-9(11(13,14)15)6-10(5-8)12(16,17)18;1-3-5-9(4-2)11-7-6-10(8-12-11)13(14)15/h4-7H,3H2,1-2H3;3-5,10-12H,1-2,6-8H2/b;9-5+. The minimum Gasteiger partial charge on any atom is -0.304 e. The Morgan fingerprint density at radius 1 is 1.15 bits per heavy atom. The fraction of sp³-hybridized carbons (Fsp3) is 0.478. The van der Waals surface area contributed by atoms with Gasteiger partial charge in [0.25, 0.3) is 0 Å². The lowest BCUT2D eigenvalue weighted by Crippen LogP contribution is -2.45. The van der Waals surface area contributed by atoms with Gasteiger partial charge < -0.3 is 5.32 Å². The zero-order chi connectivity index (χ0) is 25.4. The van der Waals surface area contributed by atoms with Gasteiger partial charge in [0.05, 0.1) is 17.7 Å². The fourth-order valence-electron chi connectivity index (χ4n) is 3.27. The van der Waals surface area contributed by atoms with Gasteiger partial charge in [0.15, 0.2) is 0 Å². The molecule has 1 fully saturated rings. The molecule has 1 aliphatic rings. The Balaban J connectivity index is 0.000000335. The van der Waals surface area contributed by atoms with Crippen LogP contribution in [-0.2, 0) is 12.4 Å². The molecule has 0 radical (unpaired) electrons. The summed E-state index contributed by atoms with van der Waals surface area (Å²) in [4.78, 5) is 10.3. The van der Waals surface area contributed by atoms with Gasteiger partial charge in [0.2, 0.25) is 6.04 Å². The van der Waals surface area contributed by atoms with Crippen LogP contribution in [0.15, 0.2) is 55.2 Å². The van der Waals surface area contributed by atoms with Crippen LogP contribution in [0.5, 0.6) is 0 Å². The van der Waals surface area contributed by atoms with E-state index in [-0.39, 0.29) is 28.5 Å². The molecule has 0 aliphatic carbocycles. The molecule has 2 rings (SSSR count). The normalized spacial score (nSPS) is 20.3. The molecule has 3 unspecified atom stereocenters. The minimum atomic E-state index is -4.77. The first-order valence-electron chi connectivity index (χ1n) is 10.4. The Labute approximate surface area is 189 Å². The van der Waals surface area contributed by atoms with Crippen LogP contribution in [0.3, 0.4) is 0 Å². The molecule has 0 amide bonds. The summed E-state index contributed by atoms with van der Waals surface area (Å²) < 4.78 is 75.2. The van der Waals surface area contributed by atoms with Crippen LogP contribution in [0.25, 0.3) is 0 Å². The lowest BCUT2D eigenvalue weighted by molar-refractivity contribution is -0.523. The van der Waals surface area contributed by atoms with E-state index in [1.54, 1.807) is 26.0 Å². The third-order valence-corrected chi connectivity index (χ3v) is 5.43. The van der Waals surface area contributed by atoms with Gasteiger partial charge in [-0.05, 0) is 48.1 Å². The quantitative estimate of drug-likeness (QED) is 0.209. The average Bonchev–Trinajstić information content (AvgIpc) is 2.76. The fourth-order valence-corrected chi connectivity index (χ4v) is 3.27. The number of rotatable bonds is 6. The lowest BCUT2D eigenvalue weighted by Gasteiger charge is -2.26. The maximum atomic E-state index is 12.5. The van der Waals surface area contributed by atoms with Gasteiger partial charge in [-0.25, -0.2) is 0 Å². The second-order valence-electron chi connectivity index (χ2n) is 7.73. The van der Waals surface area contributed by atoms with Crippen LogP contribution in [0.4, 0.5) is 26.3 Å². The summed E-state index contributed by atoms with van der Waals surface area (Å²) in [6.45, 7) is 11.1. The molecule has 0 spiro atoms. The molecule has 0 bridgehead atoms. The highest BCUT2D eigenvalue weighted by molar-refractivity contribution is 5.35. The number of alkyl halides is 6. The monoisotopic (exact) mass is 478 g/mol. The lowest BCUT2D eigenvalue weighted by atomic mass is 9.94. The Kier molecular flexibility index (Phi) is 10.3. The van der Waals surface area contributed by atoms with Gasteiger partial charge in [-0.3, -0.25) is 10.1 Å². The summed E-state index contributed by atoms with van der Waals surface area (Å²) in [6, 6.07) is 1.44. The van der Waals surface area contributed by atoms with Crippen LogP contribution >= 0.6 is 0 Å². The first kappa shape index (κ1) is 28.4. The van der Waals surface area contributed by atoms with Gasteiger partial charge in [-0.15, -0.1) is 0 Å². The summed E-state index contributed by atoms with van der Waals surface area (Å²) in [5.74, 6) is -0.353. The van der Waals surface area contributed by atoms with Gasteiger partial charge >= 0.3 is 12.4 Å². The maximum Gasteiger partial charge on any atom is 0.416 e. The molecule has 33 heavy (non-hydrogen) atoms. The Morgan fingerprint density at radius 2 is 1.70 bits per heavy atom. The number of nitro groups is 1. The van der Waals surface area contributed by atoms with E-state index in [0.717, 1.165) is 24.1 Å². The SMILES string of the molecule is C=C/C=C(\C=C)C1CCC([N+](=O)[O-])CN1.CCC(C)c1cc(C(F)(F)F)cc(C(F)(F)F)c1. The molecular formula is C23H28F6N2O2. The molecule has 1 aromatic carbocycles. The third kappa shape index (κ3) is 8.68. The first-order valence-corrected chi connectivity index (χ1v) is 10.4. The van der Waals surface area contributed by atoms with Crippen LogP contribution in [0.1, 0.15) is 55.7 Å². The number of halogens is 6. The van der Waals surface area contributed by atoms with Crippen molar-refractivity contribution in [1.29, 1.82) is 0 Å². The molecule has 1 aliphatic heterocycles. The van der Waals surface area contributed by atoms with E-state index in [2.05, 4.69) is 18.5 Å². The van der Waals surface area contributed by atoms with E-state index in [9.17, 15) is 36.5 Å². The molecule has 1 N–H and O–H groups in total. The van der Waals surface area contributed by atoms with Crippen molar-refractivity contribution in [1.82, 2.24) is 5.32 Å². The average molecular weight is 478 g/mol. The van der Waals surface area contributed by atoms with Crippen LogP contribution in [-0.4, -0.2) is 23.6 Å². The number of benzene rings is 1. The number of hydrogen-bond acceptors (Lipinski definition) is 3. The van der Waals surface area contributed by atoms with E-state index in [4.69, 9.17) is 0 Å². The second kappa shape index (κ2) is 12.0. The molecular weight excluding hydrogens is 450 g/mol. The molecule has 0 aromatic heterocycles. The van der Waals surface area contributed by atoms with Crippen LogP contribution in [0, 0.1) is 10.1 Å². The van der Waals surface area contributed by atoms with Crippen molar-refractivity contribution < 1.29 is 31.3 Å². The third-order valence-electron chi connectivity index (χ3n) is 5.43. The van der Waals surface area contributed by atoms with Crippen molar-refractivity contribution in [2.75, 3.05) is 6.54 Å². The molecule has 0 saturated carbocycles.